The molecule has 0 bridgehead atoms. The van der Waals surface area contributed by atoms with Gasteiger partial charge in [0.05, 0.1) is 5.56 Å². The molecular weight excluding hydrogens is 400 g/mol. The largest absolute Gasteiger partial charge is 0.452 e. The number of fused-ring (bicyclic) bond motifs is 1. The number of rotatable bonds is 5. The summed E-state index contributed by atoms with van der Waals surface area (Å²) in [5.74, 6) is -1.28. The smallest absolute Gasteiger partial charge is 0.341 e. The number of nitrogens with one attached hydrogen (secondary N) is 2. The van der Waals surface area contributed by atoms with Crippen LogP contribution in [0.25, 0.3) is 0 Å². The van der Waals surface area contributed by atoms with Crippen LogP contribution in [0.1, 0.15) is 46.1 Å². The fourth-order valence-corrected chi connectivity index (χ4v) is 4.74. The van der Waals surface area contributed by atoms with Gasteiger partial charge in [0.2, 0.25) is 5.91 Å². The van der Waals surface area contributed by atoms with E-state index in [1.54, 1.807) is 18.2 Å². The lowest BCUT2D eigenvalue weighted by Gasteiger charge is -2.13. The molecule has 6 nitrogen and oxygen atoms in total. The van der Waals surface area contributed by atoms with Gasteiger partial charge in [-0.15, -0.1) is 11.3 Å². The Kier molecular flexibility index (Phi) is 6.36. The normalized spacial score (nSPS) is 12.8. The Hall–Kier alpha value is -2.38. The zero-order chi connectivity index (χ0) is 20.3. The molecule has 148 valence electrons. The highest BCUT2D eigenvalue weighted by Crippen LogP contribution is 2.38. The molecule has 0 saturated heterocycles. The molecule has 1 aromatic carbocycles. The van der Waals surface area contributed by atoms with Gasteiger partial charge in [-0.05, 0) is 61.9 Å². The predicted octanol–water partition coefficient (Wildman–Crippen LogP) is 4.34. The first kappa shape index (κ1) is 20.4. The minimum atomic E-state index is -0.592. The summed E-state index contributed by atoms with van der Waals surface area (Å²) in [6.45, 7) is 2.81. The van der Waals surface area contributed by atoms with Crippen LogP contribution in [0, 0.1) is 6.92 Å². The fourth-order valence-electron chi connectivity index (χ4n) is 3.19. The SMILES string of the molecule is CC(=O)Nc1sc2c(c1C(=O)OCC(=O)Nc1ccc(Cl)cc1C)CCCC2. The molecule has 2 aromatic rings. The van der Waals surface area contributed by atoms with Crippen LogP contribution < -0.4 is 10.6 Å². The monoisotopic (exact) mass is 420 g/mol. The molecule has 28 heavy (non-hydrogen) atoms. The van der Waals surface area contributed by atoms with Crippen molar-refractivity contribution in [2.75, 3.05) is 17.2 Å². The number of ether oxygens (including phenoxy) is 1. The van der Waals surface area contributed by atoms with Crippen LogP contribution in [0.3, 0.4) is 0 Å². The number of carbonyl (C=O) groups is 3. The van der Waals surface area contributed by atoms with Crippen molar-refractivity contribution in [3.63, 3.8) is 0 Å². The summed E-state index contributed by atoms with van der Waals surface area (Å²) >= 11 is 7.32. The van der Waals surface area contributed by atoms with E-state index in [0.29, 0.717) is 21.3 Å². The molecule has 1 aliphatic carbocycles. The Balaban J connectivity index is 1.69. The summed E-state index contributed by atoms with van der Waals surface area (Å²) in [7, 11) is 0. The summed E-state index contributed by atoms with van der Waals surface area (Å²) in [4.78, 5) is 37.5. The lowest BCUT2D eigenvalue weighted by atomic mass is 9.95. The Morgan fingerprint density at radius 1 is 1.18 bits per heavy atom. The number of hydrogen-bond acceptors (Lipinski definition) is 5. The van der Waals surface area contributed by atoms with E-state index < -0.39 is 18.5 Å². The van der Waals surface area contributed by atoms with E-state index >= 15 is 0 Å². The van der Waals surface area contributed by atoms with Gasteiger partial charge in [0.25, 0.3) is 5.91 Å². The summed E-state index contributed by atoms with van der Waals surface area (Å²) in [6, 6.07) is 5.11. The van der Waals surface area contributed by atoms with Crippen LogP contribution >= 0.6 is 22.9 Å². The van der Waals surface area contributed by atoms with Gasteiger partial charge in [0.15, 0.2) is 6.61 Å². The summed E-state index contributed by atoms with van der Waals surface area (Å²) in [6.07, 6.45) is 3.70. The van der Waals surface area contributed by atoms with Gasteiger partial charge in [0.1, 0.15) is 5.00 Å². The van der Waals surface area contributed by atoms with Gasteiger partial charge in [-0.1, -0.05) is 11.6 Å². The Labute approximate surface area is 172 Å². The van der Waals surface area contributed by atoms with Gasteiger partial charge in [-0.2, -0.15) is 0 Å². The zero-order valence-corrected chi connectivity index (χ0v) is 17.3. The topological polar surface area (TPSA) is 84.5 Å². The van der Waals surface area contributed by atoms with Crippen LogP contribution in [-0.2, 0) is 27.2 Å². The zero-order valence-electron chi connectivity index (χ0n) is 15.7. The van der Waals surface area contributed by atoms with E-state index in [4.69, 9.17) is 16.3 Å². The van der Waals surface area contributed by atoms with E-state index in [9.17, 15) is 14.4 Å². The maximum Gasteiger partial charge on any atom is 0.341 e. The molecule has 0 saturated carbocycles. The maximum absolute atomic E-state index is 12.7. The van der Waals surface area contributed by atoms with Crippen LogP contribution in [0.4, 0.5) is 10.7 Å². The number of halogens is 1. The lowest BCUT2D eigenvalue weighted by molar-refractivity contribution is -0.119. The highest BCUT2D eigenvalue weighted by atomic mass is 35.5. The van der Waals surface area contributed by atoms with Crippen molar-refractivity contribution >= 4 is 51.4 Å². The molecule has 0 spiro atoms. The van der Waals surface area contributed by atoms with E-state index in [1.165, 1.54) is 18.3 Å². The maximum atomic E-state index is 12.7. The number of benzene rings is 1. The molecule has 3 rings (SSSR count). The quantitative estimate of drug-likeness (QED) is 0.704. The molecule has 2 amide bonds. The third kappa shape index (κ3) is 4.72. The van der Waals surface area contributed by atoms with Gasteiger partial charge in [-0.25, -0.2) is 4.79 Å². The summed E-state index contributed by atoms with van der Waals surface area (Å²) < 4.78 is 5.25. The average molecular weight is 421 g/mol. The first-order chi connectivity index (χ1) is 13.3. The van der Waals surface area contributed by atoms with Gasteiger partial charge in [-0.3, -0.25) is 9.59 Å². The number of amides is 2. The van der Waals surface area contributed by atoms with Crippen LogP contribution in [0.2, 0.25) is 5.02 Å². The Bertz CT molecular complexity index is 939. The molecule has 2 N–H and O–H groups in total. The van der Waals surface area contributed by atoms with Crippen molar-refractivity contribution in [3.05, 3.63) is 44.8 Å². The standard InChI is InChI=1S/C20H21ClN2O4S/c1-11-9-13(21)7-8-15(11)23-17(25)10-27-20(26)18-14-5-3-4-6-16(14)28-19(18)22-12(2)24/h7-9H,3-6,10H2,1-2H3,(H,22,24)(H,23,25). The van der Waals surface area contributed by atoms with Gasteiger partial charge >= 0.3 is 5.97 Å². The van der Waals surface area contributed by atoms with E-state index in [0.717, 1.165) is 41.7 Å². The molecule has 0 aliphatic heterocycles. The van der Waals surface area contributed by atoms with Crippen LogP contribution in [0.5, 0.6) is 0 Å². The van der Waals surface area contributed by atoms with Crippen molar-refractivity contribution in [1.82, 2.24) is 0 Å². The first-order valence-corrected chi connectivity index (χ1v) is 10.2. The van der Waals surface area contributed by atoms with Crippen LogP contribution in [0.15, 0.2) is 18.2 Å². The molecule has 0 atom stereocenters. The second-order valence-electron chi connectivity index (χ2n) is 6.68. The van der Waals surface area contributed by atoms with Gasteiger partial charge in [0, 0.05) is 22.5 Å². The number of anilines is 2. The number of thiophene rings is 1. The van der Waals surface area contributed by atoms with Crippen LogP contribution in [-0.4, -0.2) is 24.4 Å². The number of aryl methyl sites for hydroxylation is 2. The second kappa shape index (κ2) is 8.75. The van der Waals surface area contributed by atoms with E-state index in [2.05, 4.69) is 10.6 Å². The highest BCUT2D eigenvalue weighted by molar-refractivity contribution is 7.17. The van der Waals surface area contributed by atoms with E-state index in [1.807, 2.05) is 6.92 Å². The third-order valence-corrected chi connectivity index (χ3v) is 5.90. The molecule has 1 aromatic heterocycles. The molecule has 0 fully saturated rings. The van der Waals surface area contributed by atoms with Gasteiger partial charge < -0.3 is 15.4 Å². The molecule has 1 heterocycles. The average Bonchev–Trinajstić information content (AvgIpc) is 2.99. The van der Waals surface area contributed by atoms with Crippen molar-refractivity contribution < 1.29 is 19.1 Å². The minimum absolute atomic E-state index is 0.247. The highest BCUT2D eigenvalue weighted by Gasteiger charge is 2.27. The second-order valence-corrected chi connectivity index (χ2v) is 8.22. The predicted molar refractivity (Wildman–Crippen MR) is 110 cm³/mol. The van der Waals surface area contributed by atoms with E-state index in [-0.39, 0.29) is 5.91 Å². The third-order valence-electron chi connectivity index (χ3n) is 4.46. The minimum Gasteiger partial charge on any atom is -0.452 e. The van der Waals surface area contributed by atoms with Crippen molar-refractivity contribution in [2.45, 2.75) is 39.5 Å². The number of carbonyl (C=O) groups excluding carboxylic acids is 3. The molecular formula is C20H21ClN2O4S. The molecule has 0 unspecified atom stereocenters. The fraction of sp³-hybridized carbons (Fsp3) is 0.350. The van der Waals surface area contributed by atoms with Crippen molar-refractivity contribution in [3.8, 4) is 0 Å². The summed E-state index contributed by atoms with van der Waals surface area (Å²) in [5.41, 5.74) is 2.73. The molecule has 1 aliphatic rings. The first-order valence-electron chi connectivity index (χ1n) is 9.00. The lowest BCUT2D eigenvalue weighted by Crippen LogP contribution is -2.22. The van der Waals surface area contributed by atoms with Crippen molar-refractivity contribution in [1.29, 1.82) is 0 Å². The number of hydrogen-bond donors (Lipinski definition) is 2. The Morgan fingerprint density at radius 2 is 1.93 bits per heavy atom. The Morgan fingerprint density at radius 3 is 2.64 bits per heavy atom. The molecule has 0 radical (unpaired) electrons. The number of esters is 1. The summed E-state index contributed by atoms with van der Waals surface area (Å²) in [5, 5.41) is 6.50. The molecule has 8 heteroatoms. The van der Waals surface area contributed by atoms with Crippen molar-refractivity contribution in [2.24, 2.45) is 0 Å².